The summed E-state index contributed by atoms with van der Waals surface area (Å²) < 4.78 is 0. The lowest BCUT2D eigenvalue weighted by atomic mass is 9.96. The Balaban J connectivity index is 0.00000529. The first-order valence-electron chi connectivity index (χ1n) is 9.10. The molecule has 1 saturated carbocycles. The molecule has 7 heteroatoms. The van der Waals surface area contributed by atoms with E-state index in [2.05, 4.69) is 21.3 Å². The van der Waals surface area contributed by atoms with Crippen LogP contribution in [0.2, 0.25) is 0 Å². The molecule has 0 radical (unpaired) electrons. The van der Waals surface area contributed by atoms with E-state index in [4.69, 9.17) is 0 Å². The van der Waals surface area contributed by atoms with Crippen LogP contribution < -0.4 is 21.3 Å². The number of rotatable bonds is 10. The van der Waals surface area contributed by atoms with Crippen LogP contribution in [-0.4, -0.2) is 44.2 Å². The summed E-state index contributed by atoms with van der Waals surface area (Å²) in [6, 6.07) is 0.606. The fraction of sp³-hybridized carbons (Fsp3) is 0.882. The molecule has 1 unspecified atom stereocenters. The predicted octanol–water partition coefficient (Wildman–Crippen LogP) is 2.32. The molecule has 1 atom stereocenters. The highest BCUT2D eigenvalue weighted by Crippen LogP contribution is 2.17. The van der Waals surface area contributed by atoms with Crippen LogP contribution >= 0.6 is 12.4 Å². The van der Waals surface area contributed by atoms with Gasteiger partial charge >= 0.3 is 6.03 Å². The van der Waals surface area contributed by atoms with Gasteiger partial charge in [-0.3, -0.25) is 4.79 Å². The van der Waals surface area contributed by atoms with Gasteiger partial charge in [-0.25, -0.2) is 4.79 Å². The van der Waals surface area contributed by atoms with Crippen molar-refractivity contribution in [3.05, 3.63) is 0 Å². The summed E-state index contributed by atoms with van der Waals surface area (Å²) in [7, 11) is 1.88. The van der Waals surface area contributed by atoms with Crippen molar-refractivity contribution in [2.24, 2.45) is 0 Å². The number of unbranched alkanes of at least 4 members (excludes halogenated alkanes) is 2. The van der Waals surface area contributed by atoms with Gasteiger partial charge in [0.1, 0.15) is 0 Å². The highest BCUT2D eigenvalue weighted by Gasteiger charge is 2.14. The van der Waals surface area contributed by atoms with Crippen molar-refractivity contribution in [3.8, 4) is 0 Å². The molecule has 0 aliphatic heterocycles. The van der Waals surface area contributed by atoms with Crippen LogP contribution in [0.15, 0.2) is 0 Å². The van der Waals surface area contributed by atoms with Crippen LogP contribution in [0.4, 0.5) is 4.79 Å². The Kier molecular flexibility index (Phi) is 13.7. The SMILES string of the molecule is CNC(C)CNC(=O)CCCCCNC(=O)NC1CCCCC1.Cl. The second-order valence-electron chi connectivity index (χ2n) is 6.54. The van der Waals surface area contributed by atoms with Gasteiger partial charge in [0, 0.05) is 31.6 Å². The summed E-state index contributed by atoms with van der Waals surface area (Å²) in [6.07, 6.45) is 9.25. The van der Waals surface area contributed by atoms with Crippen LogP contribution in [0.25, 0.3) is 0 Å². The van der Waals surface area contributed by atoms with E-state index in [1.165, 1.54) is 19.3 Å². The molecule has 24 heavy (non-hydrogen) atoms. The molecule has 4 N–H and O–H groups in total. The van der Waals surface area contributed by atoms with Crippen molar-refractivity contribution in [1.29, 1.82) is 0 Å². The molecular weight excluding hydrogens is 328 g/mol. The molecule has 6 nitrogen and oxygen atoms in total. The number of nitrogens with one attached hydrogen (secondary N) is 4. The summed E-state index contributed by atoms with van der Waals surface area (Å²) in [4.78, 5) is 23.3. The molecule has 1 aliphatic carbocycles. The van der Waals surface area contributed by atoms with Crippen molar-refractivity contribution in [1.82, 2.24) is 21.3 Å². The second-order valence-corrected chi connectivity index (χ2v) is 6.54. The Morgan fingerprint density at radius 1 is 1.04 bits per heavy atom. The topological polar surface area (TPSA) is 82.3 Å². The summed E-state index contributed by atoms with van der Waals surface area (Å²) in [5.41, 5.74) is 0. The van der Waals surface area contributed by atoms with Crippen LogP contribution in [-0.2, 0) is 4.79 Å². The Bertz CT molecular complexity index is 349. The number of carbonyl (C=O) groups is 2. The number of amides is 3. The lowest BCUT2D eigenvalue weighted by molar-refractivity contribution is -0.121. The van der Waals surface area contributed by atoms with Gasteiger partial charge in [-0.2, -0.15) is 0 Å². The predicted molar refractivity (Wildman–Crippen MR) is 101 cm³/mol. The van der Waals surface area contributed by atoms with E-state index < -0.39 is 0 Å². The minimum absolute atomic E-state index is 0. The zero-order chi connectivity index (χ0) is 16.9. The van der Waals surface area contributed by atoms with Gasteiger partial charge in [-0.15, -0.1) is 12.4 Å². The molecule has 142 valence electrons. The zero-order valence-corrected chi connectivity index (χ0v) is 16.0. The molecule has 1 aliphatic rings. The molecule has 1 fully saturated rings. The minimum Gasteiger partial charge on any atom is -0.355 e. The van der Waals surface area contributed by atoms with Crippen LogP contribution in [0.5, 0.6) is 0 Å². The maximum atomic E-state index is 11.7. The number of carbonyl (C=O) groups excluding carboxylic acids is 2. The lowest BCUT2D eigenvalue weighted by Gasteiger charge is -2.22. The minimum atomic E-state index is -0.0457. The van der Waals surface area contributed by atoms with E-state index in [9.17, 15) is 9.59 Å². The third kappa shape index (κ3) is 11.5. The molecule has 1 rings (SSSR count). The van der Waals surface area contributed by atoms with Gasteiger partial charge in [-0.05, 0) is 39.7 Å². The highest BCUT2D eigenvalue weighted by molar-refractivity contribution is 5.85. The van der Waals surface area contributed by atoms with E-state index in [0.29, 0.717) is 31.6 Å². The van der Waals surface area contributed by atoms with Gasteiger partial charge in [0.2, 0.25) is 5.91 Å². The van der Waals surface area contributed by atoms with Crippen LogP contribution in [0.1, 0.15) is 64.7 Å². The number of urea groups is 1. The molecule has 0 aromatic rings. The first kappa shape index (κ1) is 23.0. The zero-order valence-electron chi connectivity index (χ0n) is 15.2. The van der Waals surface area contributed by atoms with E-state index in [0.717, 1.165) is 32.1 Å². The number of hydrogen-bond donors (Lipinski definition) is 4. The first-order valence-corrected chi connectivity index (χ1v) is 9.10. The molecule has 0 bridgehead atoms. The fourth-order valence-electron chi connectivity index (χ4n) is 2.73. The highest BCUT2D eigenvalue weighted by atomic mass is 35.5. The van der Waals surface area contributed by atoms with Gasteiger partial charge in [-0.1, -0.05) is 25.7 Å². The average molecular weight is 363 g/mol. The van der Waals surface area contributed by atoms with E-state index in [-0.39, 0.29) is 24.3 Å². The van der Waals surface area contributed by atoms with Gasteiger partial charge in [0.15, 0.2) is 0 Å². The third-order valence-corrected chi connectivity index (χ3v) is 4.40. The van der Waals surface area contributed by atoms with Gasteiger partial charge in [0.25, 0.3) is 0 Å². The third-order valence-electron chi connectivity index (χ3n) is 4.40. The second kappa shape index (κ2) is 14.3. The molecule has 0 saturated heterocycles. The van der Waals surface area contributed by atoms with Crippen LogP contribution in [0, 0.1) is 0 Å². The molecular formula is C17H35ClN4O2. The van der Waals surface area contributed by atoms with Crippen molar-refractivity contribution >= 4 is 24.3 Å². The van der Waals surface area contributed by atoms with E-state index in [1.54, 1.807) is 0 Å². The van der Waals surface area contributed by atoms with Gasteiger partial charge < -0.3 is 21.3 Å². The Morgan fingerprint density at radius 3 is 2.42 bits per heavy atom. The fourth-order valence-corrected chi connectivity index (χ4v) is 2.73. The maximum Gasteiger partial charge on any atom is 0.315 e. The largest absolute Gasteiger partial charge is 0.355 e. The van der Waals surface area contributed by atoms with Crippen molar-refractivity contribution in [2.45, 2.75) is 76.8 Å². The molecule has 3 amide bonds. The summed E-state index contributed by atoms with van der Waals surface area (Å²) >= 11 is 0. The normalized spacial score (nSPS) is 15.9. The Morgan fingerprint density at radius 2 is 1.75 bits per heavy atom. The maximum absolute atomic E-state index is 11.7. The van der Waals surface area contributed by atoms with Crippen molar-refractivity contribution in [2.75, 3.05) is 20.1 Å². The number of hydrogen-bond acceptors (Lipinski definition) is 3. The monoisotopic (exact) mass is 362 g/mol. The molecule has 0 spiro atoms. The molecule has 0 heterocycles. The number of likely N-dealkylation sites (N-methyl/N-ethyl adjacent to an activating group) is 1. The number of halogens is 1. The first-order chi connectivity index (χ1) is 11.1. The quantitative estimate of drug-likeness (QED) is 0.450. The van der Waals surface area contributed by atoms with E-state index in [1.807, 2.05) is 14.0 Å². The Hall–Kier alpha value is -1.01. The average Bonchev–Trinajstić information content (AvgIpc) is 2.56. The Labute approximate surface area is 152 Å². The van der Waals surface area contributed by atoms with Crippen molar-refractivity contribution < 1.29 is 9.59 Å². The standard InChI is InChI=1S/C17H34N4O2.ClH/c1-14(18-2)13-20-16(22)11-7-4-8-12-19-17(23)21-15-9-5-3-6-10-15;/h14-15,18H,3-13H2,1-2H3,(H,20,22)(H2,19,21,23);1H. The summed E-state index contributed by atoms with van der Waals surface area (Å²) in [6.45, 7) is 3.37. The molecule has 0 aromatic carbocycles. The van der Waals surface area contributed by atoms with Crippen LogP contribution in [0.3, 0.4) is 0 Å². The summed E-state index contributed by atoms with van der Waals surface area (Å²) in [5, 5.41) is 11.9. The smallest absolute Gasteiger partial charge is 0.315 e. The molecule has 0 aromatic heterocycles. The van der Waals surface area contributed by atoms with Crippen molar-refractivity contribution in [3.63, 3.8) is 0 Å². The lowest BCUT2D eigenvalue weighted by Crippen LogP contribution is -2.43. The van der Waals surface area contributed by atoms with E-state index >= 15 is 0 Å². The summed E-state index contributed by atoms with van der Waals surface area (Å²) in [5.74, 6) is 0.107. The van der Waals surface area contributed by atoms with Gasteiger partial charge in [0.05, 0.1) is 0 Å².